The molecule has 0 saturated heterocycles. The number of hydrogen-bond acceptors (Lipinski definition) is 8. The van der Waals surface area contributed by atoms with E-state index < -0.39 is 15.9 Å². The van der Waals surface area contributed by atoms with Gasteiger partial charge in [0.05, 0.1) is 36.2 Å². The van der Waals surface area contributed by atoms with E-state index in [0.717, 1.165) is 11.1 Å². The summed E-state index contributed by atoms with van der Waals surface area (Å²) in [7, 11) is -3.58. The quantitative estimate of drug-likeness (QED) is 0.331. The Morgan fingerprint density at radius 1 is 1.17 bits per heavy atom. The molecule has 1 aliphatic rings. The normalized spacial score (nSPS) is 13.6. The number of carbonyl (C=O) groups excluding carboxylic acids is 1. The number of ketones is 1. The molecule has 3 rings (SSSR count). The van der Waals surface area contributed by atoms with Gasteiger partial charge in [-0.1, -0.05) is 48.0 Å². The zero-order chi connectivity index (χ0) is 26.1. The van der Waals surface area contributed by atoms with Crippen molar-refractivity contribution >= 4 is 39.2 Å². The second kappa shape index (κ2) is 12.9. The van der Waals surface area contributed by atoms with Crippen LogP contribution in [0.5, 0.6) is 0 Å². The molecule has 0 saturated carbocycles. The number of nitrogens with zero attached hydrogens (tertiary/aromatic N) is 2. The van der Waals surface area contributed by atoms with Gasteiger partial charge in [-0.05, 0) is 24.1 Å². The van der Waals surface area contributed by atoms with Crippen LogP contribution in [-0.2, 0) is 25.9 Å². The summed E-state index contributed by atoms with van der Waals surface area (Å²) >= 11 is 6.10. The fourth-order valence-corrected chi connectivity index (χ4v) is 5.29. The number of rotatable bonds is 13. The van der Waals surface area contributed by atoms with E-state index in [1.807, 2.05) is 24.3 Å². The first-order chi connectivity index (χ1) is 17.2. The van der Waals surface area contributed by atoms with Crippen molar-refractivity contribution in [3.8, 4) is 0 Å². The highest BCUT2D eigenvalue weighted by molar-refractivity contribution is 7.91. The van der Waals surface area contributed by atoms with Gasteiger partial charge in [-0.3, -0.25) is 14.7 Å². The summed E-state index contributed by atoms with van der Waals surface area (Å²) in [6, 6.07) is 12.2. The molecule has 0 unspecified atom stereocenters. The van der Waals surface area contributed by atoms with Crippen LogP contribution >= 0.6 is 11.6 Å². The van der Waals surface area contributed by atoms with Crippen LogP contribution < -0.4 is 10.6 Å². The Kier molecular flexibility index (Phi) is 9.97. The highest BCUT2D eigenvalue weighted by Gasteiger charge is 2.24. The number of amidine groups is 1. The lowest BCUT2D eigenvalue weighted by Crippen LogP contribution is -2.33. The van der Waals surface area contributed by atoms with Gasteiger partial charge in [-0.25, -0.2) is 13.2 Å². The van der Waals surface area contributed by atoms with E-state index in [9.17, 15) is 23.1 Å². The Morgan fingerprint density at radius 3 is 2.64 bits per heavy atom. The second-order valence-corrected chi connectivity index (χ2v) is 10.5. The van der Waals surface area contributed by atoms with Crippen molar-refractivity contribution in [3.63, 3.8) is 0 Å². The van der Waals surface area contributed by atoms with Crippen LogP contribution in [0.15, 0.2) is 52.4 Å². The number of benzene rings is 2. The Hall–Kier alpha value is -2.83. The van der Waals surface area contributed by atoms with Crippen molar-refractivity contribution in [1.29, 1.82) is 0 Å². The summed E-state index contributed by atoms with van der Waals surface area (Å²) in [6.45, 7) is 3.49. The number of hydrogen-bond donors (Lipinski definition) is 3. The highest BCUT2D eigenvalue weighted by Crippen LogP contribution is 2.25. The molecule has 2 aromatic carbocycles. The predicted octanol–water partition coefficient (Wildman–Crippen LogP) is 2.08. The molecule has 0 atom stereocenters. The van der Waals surface area contributed by atoms with Crippen LogP contribution in [-0.4, -0.2) is 81.4 Å². The van der Waals surface area contributed by atoms with Gasteiger partial charge < -0.3 is 20.5 Å². The molecule has 0 radical (unpaired) electrons. The van der Waals surface area contributed by atoms with Gasteiger partial charge in [0.1, 0.15) is 18.3 Å². The van der Waals surface area contributed by atoms with E-state index in [4.69, 9.17) is 16.3 Å². The molecule has 3 N–H and O–H groups in total. The zero-order valence-corrected chi connectivity index (χ0v) is 21.4. The third-order valence-corrected chi connectivity index (χ3v) is 7.61. The fourth-order valence-electron chi connectivity index (χ4n) is 3.52. The van der Waals surface area contributed by atoms with Gasteiger partial charge in [0, 0.05) is 18.7 Å². The number of aryl methyl sites for hydroxylation is 1. The van der Waals surface area contributed by atoms with E-state index in [0.29, 0.717) is 31.0 Å². The summed E-state index contributed by atoms with van der Waals surface area (Å²) in [5, 5.41) is 15.3. The molecule has 194 valence electrons. The predicted molar refractivity (Wildman–Crippen MR) is 136 cm³/mol. The Labute approximate surface area is 215 Å². The minimum absolute atomic E-state index is 0.0861. The largest absolute Gasteiger partial charge is 0.465 e. The molecule has 1 heterocycles. The molecule has 0 bridgehead atoms. The number of nitrogens with one attached hydrogen (secondary N) is 2. The van der Waals surface area contributed by atoms with Crippen molar-refractivity contribution < 1.29 is 27.9 Å². The van der Waals surface area contributed by atoms with Crippen LogP contribution in [0.25, 0.3) is 0 Å². The monoisotopic (exact) mass is 536 g/mol. The lowest BCUT2D eigenvalue weighted by Gasteiger charge is -2.14. The van der Waals surface area contributed by atoms with E-state index in [1.54, 1.807) is 19.1 Å². The van der Waals surface area contributed by atoms with Crippen LogP contribution in [0, 0.1) is 6.92 Å². The van der Waals surface area contributed by atoms with E-state index in [1.165, 1.54) is 11.0 Å². The topological polar surface area (TPSA) is 137 Å². The molecule has 0 spiro atoms. The van der Waals surface area contributed by atoms with Gasteiger partial charge in [-0.2, -0.15) is 0 Å². The van der Waals surface area contributed by atoms with E-state index in [-0.39, 0.29) is 47.9 Å². The van der Waals surface area contributed by atoms with Gasteiger partial charge in [-0.15, -0.1) is 0 Å². The molecule has 0 fully saturated rings. The summed E-state index contributed by atoms with van der Waals surface area (Å²) < 4.78 is 30.2. The molecule has 0 aromatic heterocycles. The third kappa shape index (κ3) is 7.58. The first kappa shape index (κ1) is 27.8. The fraction of sp³-hybridized carbons (Fsp3) is 0.375. The number of halogens is 1. The third-order valence-electron chi connectivity index (χ3n) is 5.40. The molecule has 1 aliphatic heterocycles. The van der Waals surface area contributed by atoms with Crippen molar-refractivity contribution in [2.75, 3.05) is 45.3 Å². The van der Waals surface area contributed by atoms with E-state index in [2.05, 4.69) is 15.6 Å². The minimum atomic E-state index is -3.58. The lowest BCUT2D eigenvalue weighted by atomic mass is 10.1. The van der Waals surface area contributed by atoms with Crippen LogP contribution in [0.3, 0.4) is 0 Å². The second-order valence-electron chi connectivity index (χ2n) is 8.18. The van der Waals surface area contributed by atoms with Crippen LogP contribution in [0.4, 0.5) is 4.79 Å². The number of carboxylic acid groups (broad SMARTS) is 1. The summed E-state index contributed by atoms with van der Waals surface area (Å²) in [4.78, 5) is 28.8. The molecule has 10 nitrogen and oxygen atoms in total. The van der Waals surface area contributed by atoms with Crippen molar-refractivity contribution in [2.45, 2.75) is 18.4 Å². The lowest BCUT2D eigenvalue weighted by molar-refractivity contribution is -0.122. The van der Waals surface area contributed by atoms with E-state index >= 15 is 0 Å². The molecule has 2 aromatic rings. The average molecular weight is 537 g/mol. The standard InChI is InChI=1S/C24H29ClN4O6S/c1-17-3-2-4-21(22(17)25)36(33,34)16-26-10-12-35-15-20(30)14-27-13-18-5-7-19(8-6-18)23-28-9-11-29(23)24(31)32/h2-8,26-27H,9-16H2,1H3,(H,31,32). The first-order valence-corrected chi connectivity index (χ1v) is 13.3. The maximum absolute atomic E-state index is 12.4. The number of sulfone groups is 1. The molecule has 0 aliphatic carbocycles. The molecule has 12 heteroatoms. The molecular weight excluding hydrogens is 508 g/mol. The van der Waals surface area contributed by atoms with Crippen molar-refractivity contribution in [3.05, 3.63) is 64.2 Å². The first-order valence-electron chi connectivity index (χ1n) is 11.3. The van der Waals surface area contributed by atoms with Gasteiger partial charge in [0.25, 0.3) is 0 Å². The summed E-state index contributed by atoms with van der Waals surface area (Å²) in [5.74, 6) is 0.0266. The van der Waals surface area contributed by atoms with Gasteiger partial charge in [0.2, 0.25) is 0 Å². The summed E-state index contributed by atoms with van der Waals surface area (Å²) in [5.41, 5.74) is 2.36. The molecule has 1 amide bonds. The number of aliphatic imine (C=N–C) groups is 1. The number of carbonyl (C=O) groups is 2. The van der Waals surface area contributed by atoms with Crippen LogP contribution in [0.2, 0.25) is 5.02 Å². The van der Waals surface area contributed by atoms with Gasteiger partial charge in [0.15, 0.2) is 15.6 Å². The highest BCUT2D eigenvalue weighted by atomic mass is 35.5. The smallest absolute Gasteiger partial charge is 0.413 e. The molecule has 36 heavy (non-hydrogen) atoms. The zero-order valence-electron chi connectivity index (χ0n) is 19.9. The number of Topliss-reactive ketones (excluding diaryl/α,β-unsaturated/α-hetero) is 1. The Bertz CT molecular complexity index is 1220. The average Bonchev–Trinajstić information content (AvgIpc) is 3.34. The maximum Gasteiger partial charge on any atom is 0.413 e. The molecular formula is C24H29ClN4O6S. The number of ether oxygens (including phenoxy) is 1. The summed E-state index contributed by atoms with van der Waals surface area (Å²) in [6.07, 6.45) is -1.02. The van der Waals surface area contributed by atoms with Crippen molar-refractivity contribution in [1.82, 2.24) is 15.5 Å². The van der Waals surface area contributed by atoms with Crippen molar-refractivity contribution in [2.24, 2.45) is 4.99 Å². The Morgan fingerprint density at radius 2 is 1.92 bits per heavy atom. The SMILES string of the molecule is Cc1cccc(S(=O)(=O)CNCCOCC(=O)CNCc2ccc(C3=NCCN3C(=O)O)cc2)c1Cl. The Balaban J connectivity index is 1.30. The van der Waals surface area contributed by atoms with Crippen LogP contribution in [0.1, 0.15) is 16.7 Å². The minimum Gasteiger partial charge on any atom is -0.465 e. The maximum atomic E-state index is 12.4. The van der Waals surface area contributed by atoms with Gasteiger partial charge >= 0.3 is 6.09 Å². The number of amides is 1.